The molecule has 1 aliphatic carbocycles. The van der Waals surface area contributed by atoms with E-state index < -0.39 is 5.97 Å². The summed E-state index contributed by atoms with van der Waals surface area (Å²) in [6.07, 6.45) is 3.53. The van der Waals surface area contributed by atoms with Gasteiger partial charge in [-0.25, -0.2) is 9.78 Å². The second-order valence-electron chi connectivity index (χ2n) is 5.11. The first kappa shape index (κ1) is 15.0. The molecular weight excluding hydrogens is 276 g/mol. The summed E-state index contributed by atoms with van der Waals surface area (Å²) in [5.74, 6) is 0.0467. The molecule has 0 amide bonds. The highest BCUT2D eigenvalue weighted by Gasteiger charge is 2.28. The third-order valence-corrected chi connectivity index (χ3v) is 4.47. The molecule has 0 aromatic carbocycles. The van der Waals surface area contributed by atoms with Crippen molar-refractivity contribution in [3.63, 3.8) is 0 Å². The minimum absolute atomic E-state index is 0.142. The Labute approximate surface area is 122 Å². The number of esters is 1. The van der Waals surface area contributed by atoms with Crippen molar-refractivity contribution in [2.24, 2.45) is 5.92 Å². The Morgan fingerprint density at radius 2 is 2.15 bits per heavy atom. The van der Waals surface area contributed by atoms with Gasteiger partial charge in [-0.3, -0.25) is 4.79 Å². The summed E-state index contributed by atoms with van der Waals surface area (Å²) >= 11 is 1.29. The third kappa shape index (κ3) is 3.36. The average Bonchev–Trinajstić information content (AvgIpc) is 3.12. The Morgan fingerprint density at radius 3 is 2.65 bits per heavy atom. The molecule has 0 spiro atoms. The van der Waals surface area contributed by atoms with Crippen molar-refractivity contribution in [2.45, 2.75) is 33.1 Å². The van der Waals surface area contributed by atoms with Crippen molar-refractivity contribution in [3.8, 4) is 0 Å². The van der Waals surface area contributed by atoms with E-state index in [0.29, 0.717) is 4.88 Å². The number of Topliss-reactive ketones (excluding diaryl/α,β-unsaturated/α-hetero) is 1. The van der Waals surface area contributed by atoms with E-state index in [1.807, 2.05) is 0 Å². The maximum absolute atomic E-state index is 11.7. The van der Waals surface area contributed by atoms with E-state index in [-0.39, 0.29) is 11.5 Å². The van der Waals surface area contributed by atoms with Gasteiger partial charge in [0.2, 0.25) is 0 Å². The molecule has 110 valence electrons. The van der Waals surface area contributed by atoms with Crippen molar-refractivity contribution < 1.29 is 14.3 Å². The van der Waals surface area contributed by atoms with E-state index in [9.17, 15) is 9.59 Å². The topological polar surface area (TPSA) is 59.5 Å². The molecular formula is C14H20N2O3S. The molecule has 1 saturated carbocycles. The lowest BCUT2D eigenvalue weighted by Crippen LogP contribution is -2.26. The highest BCUT2D eigenvalue weighted by atomic mass is 32.1. The van der Waals surface area contributed by atoms with E-state index in [2.05, 4.69) is 16.8 Å². The van der Waals surface area contributed by atoms with E-state index in [1.54, 1.807) is 0 Å². The van der Waals surface area contributed by atoms with Gasteiger partial charge in [0.25, 0.3) is 0 Å². The maximum atomic E-state index is 11.7. The number of methoxy groups -OCH3 is 1. The Kier molecular flexibility index (Phi) is 4.75. The van der Waals surface area contributed by atoms with Gasteiger partial charge in [0.1, 0.15) is 4.88 Å². The summed E-state index contributed by atoms with van der Waals surface area (Å²) in [5, 5.41) is 0.754. The number of hydrogen-bond donors (Lipinski definition) is 0. The van der Waals surface area contributed by atoms with Crippen LogP contribution in [0.4, 0.5) is 5.13 Å². The molecule has 5 nitrogen and oxygen atoms in total. The van der Waals surface area contributed by atoms with Gasteiger partial charge in [-0.15, -0.1) is 0 Å². The van der Waals surface area contributed by atoms with Gasteiger partial charge in [-0.2, -0.15) is 0 Å². The second kappa shape index (κ2) is 6.35. The smallest absolute Gasteiger partial charge is 0.358 e. The van der Waals surface area contributed by atoms with Crippen molar-refractivity contribution in [1.29, 1.82) is 0 Å². The molecule has 1 aliphatic rings. The summed E-state index contributed by atoms with van der Waals surface area (Å²) in [6, 6.07) is 0. The van der Waals surface area contributed by atoms with Crippen molar-refractivity contribution in [2.75, 3.05) is 25.1 Å². The van der Waals surface area contributed by atoms with E-state index in [0.717, 1.165) is 30.6 Å². The standard InChI is InChI=1S/C14H20N2O3S/c1-4-7-16(8-10-5-6-10)14-15-11(13(18)19-3)12(20-14)9(2)17/h10H,4-8H2,1-3H3. The predicted octanol–water partition coefficient (Wildman–Crippen LogP) is 2.76. The lowest BCUT2D eigenvalue weighted by atomic mass is 10.3. The molecule has 0 N–H and O–H groups in total. The number of anilines is 1. The van der Waals surface area contributed by atoms with Crippen LogP contribution >= 0.6 is 11.3 Å². The third-order valence-electron chi connectivity index (χ3n) is 3.25. The lowest BCUT2D eigenvalue weighted by Gasteiger charge is -2.20. The Hall–Kier alpha value is -1.43. The maximum Gasteiger partial charge on any atom is 0.358 e. The van der Waals surface area contributed by atoms with Crippen molar-refractivity contribution >= 4 is 28.2 Å². The van der Waals surface area contributed by atoms with Gasteiger partial charge in [-0.1, -0.05) is 18.3 Å². The van der Waals surface area contributed by atoms with E-state index in [4.69, 9.17) is 4.74 Å². The average molecular weight is 296 g/mol. The zero-order valence-corrected chi connectivity index (χ0v) is 13.0. The number of carbonyl (C=O) groups excluding carboxylic acids is 2. The molecule has 1 heterocycles. The number of rotatable bonds is 7. The number of aromatic nitrogens is 1. The summed E-state index contributed by atoms with van der Waals surface area (Å²) < 4.78 is 4.71. The van der Waals surface area contributed by atoms with Crippen molar-refractivity contribution in [1.82, 2.24) is 4.98 Å². The minimum Gasteiger partial charge on any atom is -0.464 e. The highest BCUT2D eigenvalue weighted by molar-refractivity contribution is 7.17. The fraction of sp³-hybridized carbons (Fsp3) is 0.643. The van der Waals surface area contributed by atoms with Crippen molar-refractivity contribution in [3.05, 3.63) is 10.6 Å². The first-order valence-electron chi connectivity index (χ1n) is 6.91. The van der Waals surface area contributed by atoms with Gasteiger partial charge in [0.15, 0.2) is 16.6 Å². The number of ether oxygens (including phenoxy) is 1. The fourth-order valence-corrected chi connectivity index (χ4v) is 3.05. The van der Waals surface area contributed by atoms with E-state index >= 15 is 0 Å². The number of hydrogen-bond acceptors (Lipinski definition) is 6. The largest absolute Gasteiger partial charge is 0.464 e. The van der Waals surface area contributed by atoms with Crippen LogP contribution in [0.25, 0.3) is 0 Å². The fourth-order valence-electron chi connectivity index (χ4n) is 2.06. The summed E-state index contributed by atoms with van der Waals surface area (Å²) in [6.45, 7) is 5.41. The van der Waals surface area contributed by atoms with Gasteiger partial charge in [0.05, 0.1) is 7.11 Å². The molecule has 0 unspecified atom stereocenters. The van der Waals surface area contributed by atoms with Crippen LogP contribution in [0.15, 0.2) is 0 Å². The lowest BCUT2D eigenvalue weighted by molar-refractivity contribution is 0.0591. The van der Waals surface area contributed by atoms with Crippen LogP contribution in [-0.4, -0.2) is 36.9 Å². The second-order valence-corrected chi connectivity index (χ2v) is 6.09. The summed E-state index contributed by atoms with van der Waals surface area (Å²) in [5.41, 5.74) is 0.150. The van der Waals surface area contributed by atoms with Gasteiger partial charge < -0.3 is 9.64 Å². The zero-order valence-electron chi connectivity index (χ0n) is 12.1. The molecule has 0 aliphatic heterocycles. The molecule has 6 heteroatoms. The van der Waals surface area contributed by atoms with Gasteiger partial charge >= 0.3 is 5.97 Å². The Balaban J connectivity index is 2.29. The first-order chi connectivity index (χ1) is 9.56. The van der Waals surface area contributed by atoms with Crippen LogP contribution in [0.2, 0.25) is 0 Å². The molecule has 0 bridgehead atoms. The number of carbonyl (C=O) groups is 2. The molecule has 20 heavy (non-hydrogen) atoms. The number of nitrogens with zero attached hydrogens (tertiary/aromatic N) is 2. The molecule has 1 aromatic rings. The van der Waals surface area contributed by atoms with Gasteiger partial charge in [0, 0.05) is 20.0 Å². The Bertz CT molecular complexity index is 509. The molecule has 0 saturated heterocycles. The number of thiazole rings is 1. The van der Waals surface area contributed by atoms with E-state index in [1.165, 1.54) is 38.2 Å². The van der Waals surface area contributed by atoms with Crippen LogP contribution in [0.1, 0.15) is 53.3 Å². The zero-order chi connectivity index (χ0) is 14.7. The quantitative estimate of drug-likeness (QED) is 0.572. The van der Waals surface area contributed by atoms with Crippen LogP contribution in [0, 0.1) is 5.92 Å². The molecule has 2 rings (SSSR count). The normalized spacial score (nSPS) is 14.2. The number of ketones is 1. The molecule has 1 fully saturated rings. The monoisotopic (exact) mass is 296 g/mol. The SMILES string of the molecule is CCCN(CC1CC1)c1nc(C(=O)OC)c(C(C)=O)s1. The molecule has 0 atom stereocenters. The summed E-state index contributed by atoms with van der Waals surface area (Å²) in [4.78, 5) is 30.3. The Morgan fingerprint density at radius 1 is 1.45 bits per heavy atom. The van der Waals surface area contributed by atoms with Crippen LogP contribution in [-0.2, 0) is 4.74 Å². The molecule has 1 aromatic heterocycles. The summed E-state index contributed by atoms with van der Waals surface area (Å²) in [7, 11) is 1.30. The van der Waals surface area contributed by atoms with Crippen LogP contribution < -0.4 is 4.90 Å². The predicted molar refractivity (Wildman–Crippen MR) is 78.7 cm³/mol. The first-order valence-corrected chi connectivity index (χ1v) is 7.73. The van der Waals surface area contributed by atoms with Crippen LogP contribution in [0.5, 0.6) is 0 Å². The van der Waals surface area contributed by atoms with Crippen LogP contribution in [0.3, 0.4) is 0 Å². The molecule has 0 radical (unpaired) electrons. The minimum atomic E-state index is -0.541. The highest BCUT2D eigenvalue weighted by Crippen LogP contribution is 2.34. The van der Waals surface area contributed by atoms with Gasteiger partial charge in [-0.05, 0) is 25.2 Å².